The second-order valence-electron chi connectivity index (χ2n) is 6.31. The minimum absolute atomic E-state index is 0.0414. The number of carbonyl (C=O) groups excluding carboxylic acids is 1. The molecule has 0 aliphatic heterocycles. The maximum absolute atomic E-state index is 12.4. The van der Waals surface area contributed by atoms with Crippen LogP contribution < -0.4 is 10.1 Å². The minimum Gasteiger partial charge on any atom is -0.480 e. The molecule has 1 unspecified atom stereocenters. The highest BCUT2D eigenvalue weighted by Crippen LogP contribution is 2.24. The van der Waals surface area contributed by atoms with Gasteiger partial charge in [0.1, 0.15) is 11.8 Å². The van der Waals surface area contributed by atoms with Crippen LogP contribution in [0, 0.1) is 0 Å². The molecule has 0 radical (unpaired) electrons. The fourth-order valence-corrected chi connectivity index (χ4v) is 3.18. The van der Waals surface area contributed by atoms with Crippen LogP contribution in [0.1, 0.15) is 22.3 Å². The van der Waals surface area contributed by atoms with Gasteiger partial charge in [-0.25, -0.2) is 9.78 Å². The summed E-state index contributed by atoms with van der Waals surface area (Å²) in [4.78, 5) is 31.9. The van der Waals surface area contributed by atoms with Gasteiger partial charge in [-0.05, 0) is 36.2 Å². The number of carboxylic acids is 1. The number of nitrogens with one attached hydrogen (secondary N) is 1. The monoisotopic (exact) mass is 457 g/mol. The van der Waals surface area contributed by atoms with Crippen molar-refractivity contribution in [1.82, 2.24) is 15.3 Å². The highest BCUT2D eigenvalue weighted by Gasteiger charge is 2.22. The molecule has 0 aliphatic carbocycles. The lowest BCUT2D eigenvalue weighted by Crippen LogP contribution is -2.40. The molecule has 0 spiro atoms. The summed E-state index contributed by atoms with van der Waals surface area (Å²) in [5.41, 5.74) is 0.871. The highest BCUT2D eigenvalue weighted by atomic mass is 35.5. The Labute approximate surface area is 188 Å². The van der Waals surface area contributed by atoms with Gasteiger partial charge in [-0.15, -0.1) is 0 Å². The molecule has 0 fully saturated rings. The summed E-state index contributed by atoms with van der Waals surface area (Å²) in [7, 11) is 0. The van der Waals surface area contributed by atoms with E-state index < -0.39 is 17.9 Å². The number of benzene rings is 2. The van der Waals surface area contributed by atoms with E-state index >= 15 is 0 Å². The Morgan fingerprint density at radius 2 is 1.81 bits per heavy atom. The zero-order valence-corrected chi connectivity index (χ0v) is 17.5. The molecule has 3 aromatic rings. The molecule has 1 amide bonds. The van der Waals surface area contributed by atoms with E-state index in [2.05, 4.69) is 15.3 Å². The summed E-state index contributed by atoms with van der Waals surface area (Å²) in [6, 6.07) is 10.6. The van der Waals surface area contributed by atoms with Crippen molar-refractivity contribution in [1.29, 1.82) is 0 Å². The zero-order valence-electron chi connectivity index (χ0n) is 16.0. The minimum atomic E-state index is -1.17. The van der Waals surface area contributed by atoms with Gasteiger partial charge in [0.05, 0.1) is 21.8 Å². The SMILES string of the molecule is O=C(NC(C/C=C/c1ccc(Oc2cnccn2)cc1)C(=O)O)c1c(Cl)cccc1Cl. The Morgan fingerprint density at radius 1 is 1.10 bits per heavy atom. The average molecular weight is 458 g/mol. The van der Waals surface area contributed by atoms with E-state index in [1.54, 1.807) is 48.7 Å². The molecular weight excluding hydrogens is 441 g/mol. The van der Waals surface area contributed by atoms with Crippen LogP contribution in [0.15, 0.2) is 67.1 Å². The second-order valence-corrected chi connectivity index (χ2v) is 7.13. The molecule has 0 bridgehead atoms. The summed E-state index contributed by atoms with van der Waals surface area (Å²) < 4.78 is 5.57. The number of amides is 1. The molecule has 1 aromatic heterocycles. The van der Waals surface area contributed by atoms with E-state index in [0.29, 0.717) is 11.6 Å². The van der Waals surface area contributed by atoms with E-state index in [1.165, 1.54) is 24.5 Å². The van der Waals surface area contributed by atoms with Gasteiger partial charge in [-0.1, -0.05) is 53.6 Å². The van der Waals surface area contributed by atoms with E-state index in [1.807, 2.05) is 0 Å². The Hall–Kier alpha value is -3.42. The first kappa shape index (κ1) is 22.3. The lowest BCUT2D eigenvalue weighted by molar-refractivity contribution is -0.139. The number of hydrogen-bond donors (Lipinski definition) is 2. The summed E-state index contributed by atoms with van der Waals surface area (Å²) >= 11 is 12.0. The average Bonchev–Trinajstić information content (AvgIpc) is 2.75. The van der Waals surface area contributed by atoms with Crippen molar-refractivity contribution in [3.8, 4) is 11.6 Å². The first-order chi connectivity index (χ1) is 14.9. The molecule has 2 N–H and O–H groups in total. The first-order valence-electron chi connectivity index (χ1n) is 9.12. The topological polar surface area (TPSA) is 101 Å². The first-order valence-corrected chi connectivity index (χ1v) is 9.88. The number of carbonyl (C=O) groups is 2. The third kappa shape index (κ3) is 6.28. The molecule has 7 nitrogen and oxygen atoms in total. The van der Waals surface area contributed by atoms with Crippen molar-refractivity contribution in [2.75, 3.05) is 0 Å². The van der Waals surface area contributed by atoms with Crippen LogP contribution in [-0.4, -0.2) is 33.0 Å². The number of rotatable bonds is 8. The van der Waals surface area contributed by atoms with Crippen LogP contribution in [0.3, 0.4) is 0 Å². The predicted molar refractivity (Wildman–Crippen MR) is 118 cm³/mol. The largest absolute Gasteiger partial charge is 0.480 e. The number of nitrogens with zero attached hydrogens (tertiary/aromatic N) is 2. The fraction of sp³-hybridized carbons (Fsp3) is 0.0909. The van der Waals surface area contributed by atoms with Crippen LogP contribution in [0.5, 0.6) is 11.6 Å². The van der Waals surface area contributed by atoms with Crippen molar-refractivity contribution in [3.05, 3.63) is 88.3 Å². The van der Waals surface area contributed by atoms with Gasteiger partial charge in [-0.2, -0.15) is 0 Å². The smallest absolute Gasteiger partial charge is 0.326 e. The van der Waals surface area contributed by atoms with Gasteiger partial charge in [0, 0.05) is 12.4 Å². The Bertz CT molecular complexity index is 1070. The quantitative estimate of drug-likeness (QED) is 0.500. The van der Waals surface area contributed by atoms with E-state index in [0.717, 1.165) is 5.56 Å². The molecule has 0 saturated carbocycles. The molecule has 0 saturated heterocycles. The van der Waals surface area contributed by atoms with E-state index in [9.17, 15) is 14.7 Å². The Kier molecular flexibility index (Phi) is 7.59. The summed E-state index contributed by atoms with van der Waals surface area (Å²) in [6.07, 6.45) is 8.06. The van der Waals surface area contributed by atoms with Crippen LogP contribution in [-0.2, 0) is 4.79 Å². The molecule has 1 heterocycles. The third-order valence-electron chi connectivity index (χ3n) is 4.12. The van der Waals surface area contributed by atoms with Crippen molar-refractivity contribution >= 4 is 41.2 Å². The molecule has 1 atom stereocenters. The zero-order chi connectivity index (χ0) is 22.2. The normalized spacial score (nSPS) is 11.8. The van der Waals surface area contributed by atoms with Crippen LogP contribution >= 0.6 is 23.2 Å². The van der Waals surface area contributed by atoms with Crippen LogP contribution in [0.4, 0.5) is 0 Å². The van der Waals surface area contributed by atoms with Gasteiger partial charge in [0.25, 0.3) is 5.91 Å². The molecule has 3 rings (SSSR count). The van der Waals surface area contributed by atoms with Gasteiger partial charge >= 0.3 is 5.97 Å². The van der Waals surface area contributed by atoms with E-state index in [4.69, 9.17) is 27.9 Å². The number of carboxylic acid groups (broad SMARTS) is 1. The van der Waals surface area contributed by atoms with Gasteiger partial charge in [0.15, 0.2) is 0 Å². The Balaban J connectivity index is 1.61. The molecule has 0 aliphatic rings. The van der Waals surface area contributed by atoms with Crippen molar-refractivity contribution < 1.29 is 19.4 Å². The second kappa shape index (κ2) is 10.6. The van der Waals surface area contributed by atoms with Gasteiger partial charge in [-0.3, -0.25) is 9.78 Å². The summed E-state index contributed by atoms with van der Waals surface area (Å²) in [5, 5.41) is 12.2. The van der Waals surface area contributed by atoms with Crippen LogP contribution in [0.25, 0.3) is 6.08 Å². The maximum Gasteiger partial charge on any atom is 0.326 e. The molecule has 2 aromatic carbocycles. The van der Waals surface area contributed by atoms with Gasteiger partial charge in [0.2, 0.25) is 5.88 Å². The molecule has 158 valence electrons. The number of aliphatic carboxylic acids is 1. The summed E-state index contributed by atoms with van der Waals surface area (Å²) in [5.74, 6) is -0.856. The molecule has 9 heteroatoms. The van der Waals surface area contributed by atoms with E-state index in [-0.39, 0.29) is 22.0 Å². The number of hydrogen-bond acceptors (Lipinski definition) is 5. The molecule has 31 heavy (non-hydrogen) atoms. The third-order valence-corrected chi connectivity index (χ3v) is 4.75. The van der Waals surface area contributed by atoms with Crippen LogP contribution in [0.2, 0.25) is 10.0 Å². The summed E-state index contributed by atoms with van der Waals surface area (Å²) in [6.45, 7) is 0. The number of ether oxygens (including phenoxy) is 1. The lowest BCUT2D eigenvalue weighted by atomic mass is 10.1. The highest BCUT2D eigenvalue weighted by molar-refractivity contribution is 6.39. The fourth-order valence-electron chi connectivity index (χ4n) is 2.61. The van der Waals surface area contributed by atoms with Crippen molar-refractivity contribution in [3.63, 3.8) is 0 Å². The maximum atomic E-state index is 12.4. The lowest BCUT2D eigenvalue weighted by Gasteiger charge is -2.14. The molecular formula is C22H17Cl2N3O4. The predicted octanol–water partition coefficient (Wildman–Crippen LogP) is 4.86. The van der Waals surface area contributed by atoms with Crippen molar-refractivity contribution in [2.45, 2.75) is 12.5 Å². The number of halogens is 2. The Morgan fingerprint density at radius 3 is 2.42 bits per heavy atom. The standard InChI is InChI=1S/C22H17Cl2N3O4/c23-16-4-2-5-17(24)20(16)21(28)27-18(22(29)30)6-1-3-14-7-9-15(10-8-14)31-19-13-25-11-12-26-19/h1-5,7-13,18H,6H2,(H,27,28)(H,29,30)/b3-1+. The number of aromatic nitrogens is 2. The van der Waals surface area contributed by atoms with Crippen molar-refractivity contribution in [2.24, 2.45) is 0 Å². The van der Waals surface area contributed by atoms with Gasteiger partial charge < -0.3 is 15.2 Å².